The third-order valence-corrected chi connectivity index (χ3v) is 33.3. The molecule has 4 heterocycles. The van der Waals surface area contributed by atoms with Crippen LogP contribution in [0.15, 0.2) is 503 Å². The van der Waals surface area contributed by atoms with Gasteiger partial charge in [-0.15, -0.1) is 0 Å². The topological polar surface area (TPSA) is 52.6 Å². The van der Waals surface area contributed by atoms with Gasteiger partial charge in [0.1, 0.15) is 44.7 Å². The van der Waals surface area contributed by atoms with Crippen molar-refractivity contribution in [2.45, 2.75) is 10.8 Å². The first-order valence-electron chi connectivity index (χ1n) is 50.6. The monoisotopic (exact) mass is 1850 g/mol. The molecular weight excluding hydrogens is 1770 g/mol. The average Bonchev–Trinajstić information content (AvgIpc) is 1.49. The van der Waals surface area contributed by atoms with Crippen LogP contribution >= 0.6 is 0 Å². The largest absolute Gasteiger partial charge is 0.456 e. The Hall–Kier alpha value is -19.0. The van der Waals surface area contributed by atoms with E-state index in [1.165, 1.54) is 187 Å². The summed E-state index contributed by atoms with van der Waals surface area (Å²) in [4.78, 5) is 0. The lowest BCUT2D eigenvalue weighted by Gasteiger charge is -2.32. The fourth-order valence-corrected chi connectivity index (χ4v) is 27.7. The minimum atomic E-state index is -0.581. The van der Waals surface area contributed by atoms with Crippen LogP contribution in [0.5, 0.6) is 0 Å². The molecule has 0 saturated heterocycles. The van der Waals surface area contributed by atoms with Gasteiger partial charge in [0.25, 0.3) is 0 Å². The Morgan fingerprint density at radius 1 is 0.116 bits per heavy atom. The van der Waals surface area contributed by atoms with Gasteiger partial charge in [-0.05, 0) is 291 Å². The number of para-hydroxylation sites is 6. The molecule has 4 aromatic heterocycles. The molecule has 4 aliphatic carbocycles. The molecule has 2 spiro atoms. The number of fused-ring (bicyclic) bond motifs is 46. The number of rotatable bonds is 6. The first-order chi connectivity index (χ1) is 72.5. The molecule has 0 N–H and O–H groups in total. The molecule has 0 amide bonds. The highest BCUT2D eigenvalue weighted by atomic mass is 16.3. The molecule has 30 aromatic rings. The lowest BCUT2D eigenvalue weighted by atomic mass is 9.69. The van der Waals surface area contributed by atoms with Crippen molar-refractivity contribution in [3.8, 4) is 111 Å². The van der Waals surface area contributed by atoms with Crippen LogP contribution < -0.4 is 0 Å². The van der Waals surface area contributed by atoms with Crippen LogP contribution in [0, 0.1) is 0 Å². The van der Waals surface area contributed by atoms with Gasteiger partial charge in [0.2, 0.25) is 0 Å². The van der Waals surface area contributed by atoms with E-state index in [9.17, 15) is 0 Å². The number of benzene rings is 26. The zero-order valence-corrected chi connectivity index (χ0v) is 78.8. The predicted molar refractivity (Wildman–Crippen MR) is 607 cm³/mol. The van der Waals surface area contributed by atoms with Crippen molar-refractivity contribution in [2.75, 3.05) is 0 Å². The Morgan fingerprint density at radius 2 is 0.349 bits per heavy atom. The number of hydrogen-bond acceptors (Lipinski definition) is 4. The van der Waals surface area contributed by atoms with Crippen LogP contribution in [0.2, 0.25) is 0 Å². The molecule has 0 fully saturated rings. The van der Waals surface area contributed by atoms with E-state index >= 15 is 0 Å². The molecular formula is C142H80O4. The van der Waals surface area contributed by atoms with Gasteiger partial charge in [-0.1, -0.05) is 425 Å². The van der Waals surface area contributed by atoms with Gasteiger partial charge in [-0.2, -0.15) is 0 Å². The second-order valence-electron chi connectivity index (χ2n) is 40.1. The molecule has 672 valence electrons. The number of furan rings is 4. The van der Waals surface area contributed by atoms with Gasteiger partial charge in [-0.3, -0.25) is 0 Å². The highest BCUT2D eigenvalue weighted by molar-refractivity contribution is 6.29. The summed E-state index contributed by atoms with van der Waals surface area (Å²) < 4.78 is 26.7. The Labute approximate surface area is 837 Å². The van der Waals surface area contributed by atoms with Crippen molar-refractivity contribution in [1.82, 2.24) is 0 Å². The Kier molecular flexibility index (Phi) is 16.3. The molecule has 4 aliphatic rings. The van der Waals surface area contributed by atoms with Crippen molar-refractivity contribution in [2.24, 2.45) is 0 Å². The van der Waals surface area contributed by atoms with Gasteiger partial charge in [0, 0.05) is 54.2 Å². The van der Waals surface area contributed by atoms with Gasteiger partial charge in [0.05, 0.1) is 10.8 Å². The summed E-state index contributed by atoms with van der Waals surface area (Å²) >= 11 is 0. The maximum absolute atomic E-state index is 6.81. The highest BCUT2D eigenvalue weighted by Gasteiger charge is 2.56. The summed E-state index contributed by atoms with van der Waals surface area (Å²) in [5, 5.41) is 28.8. The van der Waals surface area contributed by atoms with Crippen LogP contribution in [-0.4, -0.2) is 0 Å². The quantitative estimate of drug-likeness (QED) is 0.123. The summed E-state index contributed by atoms with van der Waals surface area (Å²) in [6.45, 7) is 0. The molecule has 26 aromatic carbocycles. The fraction of sp³-hybridized carbons (Fsp3) is 0.0141. The van der Waals surface area contributed by atoms with Crippen LogP contribution in [0.4, 0.5) is 0 Å². The SMILES string of the molecule is c1ccc2c(c1)-c1c(-c3c4cccc(-c5ccc6c(c5)oc5ccccc56)c4cc4c(-c5ccc6c(c5)oc5ccccc56)cccc34)cccc1C21c2ccccc2-c2c1c1ccccc1c1ccccc21.c1ccc2c(c1)-c1c(-c3c4cccc(-c5cccc6c5oc5ccccc56)c4cc4c(-c5cccc6c5oc5ccccc56)cccc34)cccc1C21c2ccccc2-c2c1c1ccccc1c1ccccc21. The Morgan fingerprint density at radius 3 is 0.726 bits per heavy atom. The summed E-state index contributed by atoms with van der Waals surface area (Å²) in [7, 11) is 0. The van der Waals surface area contributed by atoms with E-state index in [-0.39, 0.29) is 0 Å². The van der Waals surface area contributed by atoms with Crippen LogP contribution in [-0.2, 0) is 10.8 Å². The van der Waals surface area contributed by atoms with E-state index in [2.05, 4.69) is 473 Å². The Bertz CT molecular complexity index is 10800. The molecule has 0 radical (unpaired) electrons. The van der Waals surface area contributed by atoms with Crippen molar-refractivity contribution in [3.05, 3.63) is 530 Å². The molecule has 2 atom stereocenters. The lowest BCUT2D eigenvalue weighted by molar-refractivity contribution is 0.668. The molecule has 0 bridgehead atoms. The van der Waals surface area contributed by atoms with E-state index < -0.39 is 10.8 Å². The van der Waals surface area contributed by atoms with Gasteiger partial charge in [0.15, 0.2) is 0 Å². The van der Waals surface area contributed by atoms with Crippen molar-refractivity contribution >= 4 is 174 Å². The molecule has 34 rings (SSSR count). The first-order valence-corrected chi connectivity index (χ1v) is 50.6. The van der Waals surface area contributed by atoms with E-state index in [4.69, 9.17) is 17.7 Å². The zero-order chi connectivity index (χ0) is 95.0. The van der Waals surface area contributed by atoms with Crippen molar-refractivity contribution in [3.63, 3.8) is 0 Å². The summed E-state index contributed by atoms with van der Waals surface area (Å²) in [5.74, 6) is 0. The molecule has 2 unspecified atom stereocenters. The molecule has 0 aliphatic heterocycles. The third kappa shape index (κ3) is 10.5. The van der Waals surface area contributed by atoms with Gasteiger partial charge >= 0.3 is 0 Å². The minimum Gasteiger partial charge on any atom is -0.456 e. The van der Waals surface area contributed by atoms with E-state index in [0.29, 0.717) is 0 Å². The second kappa shape index (κ2) is 29.8. The lowest BCUT2D eigenvalue weighted by Crippen LogP contribution is -2.26. The maximum Gasteiger partial charge on any atom is 0.143 e. The zero-order valence-electron chi connectivity index (χ0n) is 78.8. The van der Waals surface area contributed by atoms with Gasteiger partial charge < -0.3 is 17.7 Å². The minimum absolute atomic E-state index is 0.571. The third-order valence-electron chi connectivity index (χ3n) is 33.3. The van der Waals surface area contributed by atoms with E-state index in [1.807, 2.05) is 12.1 Å². The molecule has 4 nitrogen and oxygen atoms in total. The fourth-order valence-electron chi connectivity index (χ4n) is 27.7. The smallest absolute Gasteiger partial charge is 0.143 e. The second-order valence-corrected chi connectivity index (χ2v) is 40.1. The average molecular weight is 1850 g/mol. The summed E-state index contributed by atoms with van der Waals surface area (Å²) in [6.07, 6.45) is 0. The van der Waals surface area contributed by atoms with E-state index in [0.717, 1.165) is 143 Å². The van der Waals surface area contributed by atoms with Crippen molar-refractivity contribution in [1.29, 1.82) is 0 Å². The van der Waals surface area contributed by atoms with Gasteiger partial charge in [-0.25, -0.2) is 0 Å². The number of hydrogen-bond donors (Lipinski definition) is 0. The van der Waals surface area contributed by atoms with Crippen LogP contribution in [0.3, 0.4) is 0 Å². The molecule has 146 heavy (non-hydrogen) atoms. The molecule has 0 saturated carbocycles. The van der Waals surface area contributed by atoms with Crippen LogP contribution in [0.1, 0.15) is 44.5 Å². The Balaban J connectivity index is 0.000000128. The highest BCUT2D eigenvalue weighted by Crippen LogP contribution is 2.70. The molecule has 4 heteroatoms. The van der Waals surface area contributed by atoms with E-state index in [1.54, 1.807) is 0 Å². The standard InChI is InChI=1S/2C71H40O2/c1-3-22-47-41(18-1)42-19-2-4-23-50(42)68-67(47)56-25-6-10-36-61(56)71(68)60-35-9-5-24-55(60)66-57(34-17-37-62(66)71)65-48-28-13-26-43(51-30-15-32-53-45-20-7-11-38-63(45)72-69(51)53)58(48)40-59-44(27-14-29-49(59)65)52-31-16-33-54-46-21-8-12-39-64(46)73-70(52)54;1-3-20-51-45(16-1)46-17-2-4-21-54(46)70-69(51)56-23-6-10-30-61(56)71(70)60-29-9-5-22-55(60)68-57(28-15-31-62(68)71)67-52-26-13-24-43(41-34-36-49-47-18-7-11-32-63(47)72-65(49)38-41)58(52)40-59-44(25-14-27-53(59)67)42-35-37-50-48-19-8-12-33-64(48)73-66(50)39-42/h2*1-40H. The van der Waals surface area contributed by atoms with Crippen LogP contribution in [0.25, 0.3) is 285 Å². The summed E-state index contributed by atoms with van der Waals surface area (Å²) in [5.41, 5.74) is 40.9. The normalized spacial score (nSPS) is 14.6. The van der Waals surface area contributed by atoms with Crippen molar-refractivity contribution < 1.29 is 17.7 Å². The maximum atomic E-state index is 6.81. The predicted octanol–water partition coefficient (Wildman–Crippen LogP) is 38.9. The summed E-state index contributed by atoms with van der Waals surface area (Å²) in [6, 6.07) is 180. The first kappa shape index (κ1) is 79.8.